The maximum atomic E-state index is 11.9. The molecule has 9 heteroatoms. The van der Waals surface area contributed by atoms with Gasteiger partial charge < -0.3 is 4.74 Å². The lowest BCUT2D eigenvalue weighted by Gasteiger charge is -2.10. The summed E-state index contributed by atoms with van der Waals surface area (Å²) in [7, 11) is 0. The maximum Gasteiger partial charge on any atom is 0.574 e. The number of nitrogens with zero attached hydrogens (tertiary/aromatic N) is 2. The van der Waals surface area contributed by atoms with Crippen LogP contribution in [0.2, 0.25) is 0 Å². The summed E-state index contributed by atoms with van der Waals surface area (Å²) >= 11 is 0. The summed E-state index contributed by atoms with van der Waals surface area (Å²) in [5.41, 5.74) is -1.63. The summed E-state index contributed by atoms with van der Waals surface area (Å²) in [5.74, 6) is -1.13. The van der Waals surface area contributed by atoms with Crippen molar-refractivity contribution < 1.29 is 27.6 Å². The van der Waals surface area contributed by atoms with Crippen LogP contribution in [0.25, 0.3) is 0 Å². The number of aryl methyl sites for hydroxylation is 1. The van der Waals surface area contributed by atoms with Gasteiger partial charge in [-0.15, -0.1) is 13.2 Å². The van der Waals surface area contributed by atoms with Gasteiger partial charge in [0, 0.05) is 11.8 Å². The Morgan fingerprint density at radius 2 is 2.12 bits per heavy atom. The van der Waals surface area contributed by atoms with Gasteiger partial charge in [-0.2, -0.15) is 0 Å². The number of ether oxygens (including phenoxy) is 1. The highest BCUT2D eigenvalue weighted by atomic mass is 19.4. The molecule has 17 heavy (non-hydrogen) atoms. The molecule has 0 aliphatic heterocycles. The topological polar surface area (TPSA) is 82.3 Å². The number of rotatable bonds is 3. The van der Waals surface area contributed by atoms with Crippen LogP contribution in [0.1, 0.15) is 15.9 Å². The Hall–Kier alpha value is -2.19. The van der Waals surface area contributed by atoms with Crippen LogP contribution >= 0.6 is 0 Å². The van der Waals surface area contributed by atoms with Crippen LogP contribution < -0.4 is 4.74 Å². The van der Waals surface area contributed by atoms with E-state index in [1.165, 1.54) is 6.92 Å². The van der Waals surface area contributed by atoms with E-state index in [0.717, 1.165) is 6.20 Å². The highest BCUT2D eigenvalue weighted by Gasteiger charge is 2.35. The highest BCUT2D eigenvalue weighted by Crippen LogP contribution is 2.31. The van der Waals surface area contributed by atoms with E-state index in [9.17, 15) is 28.1 Å². The molecular formula is C8H5F3N2O4. The van der Waals surface area contributed by atoms with Crippen molar-refractivity contribution in [2.45, 2.75) is 13.3 Å². The molecule has 0 fully saturated rings. The second kappa shape index (κ2) is 4.36. The molecule has 0 N–H and O–H groups in total. The fourth-order valence-corrected chi connectivity index (χ4v) is 1.14. The van der Waals surface area contributed by atoms with E-state index < -0.39 is 28.4 Å². The van der Waals surface area contributed by atoms with Crippen molar-refractivity contribution in [2.75, 3.05) is 0 Å². The molecule has 1 aromatic rings. The second-order valence-corrected chi connectivity index (χ2v) is 2.93. The summed E-state index contributed by atoms with van der Waals surface area (Å²) < 4.78 is 39.3. The van der Waals surface area contributed by atoms with E-state index in [4.69, 9.17) is 0 Å². The molecule has 0 saturated heterocycles. The third-order valence-corrected chi connectivity index (χ3v) is 1.75. The van der Waals surface area contributed by atoms with Crippen molar-refractivity contribution in [3.05, 3.63) is 27.4 Å². The van der Waals surface area contributed by atoms with Gasteiger partial charge in [-0.3, -0.25) is 14.9 Å². The monoisotopic (exact) mass is 250 g/mol. The number of carbonyl (C=O) groups is 1. The van der Waals surface area contributed by atoms with Crippen LogP contribution in [-0.2, 0) is 0 Å². The molecule has 0 unspecified atom stereocenters. The Labute approximate surface area is 92.2 Å². The molecule has 1 rings (SSSR count). The first-order valence-electron chi connectivity index (χ1n) is 4.11. The van der Waals surface area contributed by atoms with Crippen molar-refractivity contribution in [1.82, 2.24) is 4.98 Å². The third kappa shape index (κ3) is 2.89. The molecule has 0 aromatic carbocycles. The average Bonchev–Trinajstić information content (AvgIpc) is 2.17. The molecule has 0 atom stereocenters. The summed E-state index contributed by atoms with van der Waals surface area (Å²) in [6, 6.07) is 0. The zero-order chi connectivity index (χ0) is 13.2. The van der Waals surface area contributed by atoms with Gasteiger partial charge in [-0.05, 0) is 6.92 Å². The van der Waals surface area contributed by atoms with Gasteiger partial charge in [0.15, 0.2) is 11.8 Å². The van der Waals surface area contributed by atoms with E-state index in [1.54, 1.807) is 0 Å². The largest absolute Gasteiger partial charge is 0.574 e. The van der Waals surface area contributed by atoms with Gasteiger partial charge >= 0.3 is 6.36 Å². The smallest absolute Gasteiger partial charge is 0.387 e. The summed E-state index contributed by atoms with van der Waals surface area (Å²) in [5, 5.41) is 10.6. The predicted octanol–water partition coefficient (Wildman–Crippen LogP) is 2.01. The van der Waals surface area contributed by atoms with E-state index in [-0.39, 0.29) is 11.8 Å². The lowest BCUT2D eigenvalue weighted by molar-refractivity contribution is -0.385. The lowest BCUT2D eigenvalue weighted by Crippen LogP contribution is -2.19. The molecule has 1 aromatic heterocycles. The van der Waals surface area contributed by atoms with Gasteiger partial charge in [-0.25, -0.2) is 4.98 Å². The molecule has 0 saturated carbocycles. The molecule has 0 aliphatic rings. The minimum absolute atomic E-state index is 0.0355. The number of carbonyl (C=O) groups excluding carboxylic acids is 1. The Balaban J connectivity index is 3.38. The molecule has 92 valence electrons. The number of pyridine rings is 1. The normalized spacial score (nSPS) is 11.1. The predicted molar refractivity (Wildman–Crippen MR) is 47.7 cm³/mol. The summed E-state index contributed by atoms with van der Waals surface area (Å²) in [6.07, 6.45) is -4.35. The Bertz CT molecular complexity index is 473. The molecule has 0 bridgehead atoms. The minimum Gasteiger partial charge on any atom is -0.387 e. The van der Waals surface area contributed by atoms with Crippen molar-refractivity contribution in [3.8, 4) is 5.88 Å². The Kier molecular flexibility index (Phi) is 3.30. The van der Waals surface area contributed by atoms with Gasteiger partial charge in [0.05, 0.1) is 4.92 Å². The number of aromatic nitrogens is 1. The summed E-state index contributed by atoms with van der Waals surface area (Å²) in [6.45, 7) is 1.25. The van der Waals surface area contributed by atoms with Gasteiger partial charge in [-0.1, -0.05) is 0 Å². The molecule has 0 amide bonds. The fraction of sp³-hybridized carbons (Fsp3) is 0.250. The first-order chi connectivity index (χ1) is 7.76. The van der Waals surface area contributed by atoms with Crippen LogP contribution in [0.15, 0.2) is 6.20 Å². The molecule has 0 spiro atoms. The van der Waals surface area contributed by atoms with Crippen LogP contribution in [0.3, 0.4) is 0 Å². The summed E-state index contributed by atoms with van der Waals surface area (Å²) in [4.78, 5) is 23.4. The fourth-order valence-electron chi connectivity index (χ4n) is 1.14. The van der Waals surface area contributed by atoms with E-state index >= 15 is 0 Å². The SMILES string of the molecule is Cc1cnc(OC(F)(F)F)c(C=O)c1[N+](=O)[O-]. The molecule has 0 aliphatic carbocycles. The first kappa shape index (κ1) is 12.9. The van der Waals surface area contributed by atoms with Gasteiger partial charge in [0.1, 0.15) is 0 Å². The number of hydrogen-bond acceptors (Lipinski definition) is 5. The van der Waals surface area contributed by atoms with Crippen LogP contribution in [-0.4, -0.2) is 22.6 Å². The molecule has 1 heterocycles. The van der Waals surface area contributed by atoms with Crippen molar-refractivity contribution >= 4 is 12.0 Å². The minimum atomic E-state index is -5.08. The average molecular weight is 250 g/mol. The number of halogens is 3. The third-order valence-electron chi connectivity index (χ3n) is 1.75. The van der Waals surface area contributed by atoms with E-state index in [2.05, 4.69) is 9.72 Å². The van der Waals surface area contributed by atoms with Crippen molar-refractivity contribution in [1.29, 1.82) is 0 Å². The van der Waals surface area contributed by atoms with Crippen LogP contribution in [0, 0.1) is 17.0 Å². The number of aldehydes is 1. The van der Waals surface area contributed by atoms with Gasteiger partial charge in [0.25, 0.3) is 5.69 Å². The Morgan fingerprint density at radius 1 is 1.53 bits per heavy atom. The maximum absolute atomic E-state index is 11.9. The zero-order valence-corrected chi connectivity index (χ0v) is 8.32. The standard InChI is InChI=1S/C8H5F3N2O4/c1-4-2-12-7(17-8(9,10)11)5(3-14)6(4)13(15)16/h2-3H,1H3. The van der Waals surface area contributed by atoms with Gasteiger partial charge in [0.2, 0.25) is 5.88 Å². The first-order valence-corrected chi connectivity index (χ1v) is 4.11. The van der Waals surface area contributed by atoms with Crippen molar-refractivity contribution in [2.24, 2.45) is 0 Å². The number of alkyl halides is 3. The number of nitro groups is 1. The van der Waals surface area contributed by atoms with Crippen LogP contribution in [0.5, 0.6) is 5.88 Å². The van der Waals surface area contributed by atoms with E-state index in [1.807, 2.05) is 0 Å². The quantitative estimate of drug-likeness (QED) is 0.465. The molecular weight excluding hydrogens is 245 g/mol. The highest BCUT2D eigenvalue weighted by molar-refractivity contribution is 5.85. The van der Waals surface area contributed by atoms with Crippen LogP contribution in [0.4, 0.5) is 18.9 Å². The second-order valence-electron chi connectivity index (χ2n) is 2.93. The lowest BCUT2D eigenvalue weighted by atomic mass is 10.1. The zero-order valence-electron chi connectivity index (χ0n) is 8.32. The Morgan fingerprint density at radius 3 is 2.53 bits per heavy atom. The van der Waals surface area contributed by atoms with Crippen molar-refractivity contribution in [3.63, 3.8) is 0 Å². The molecule has 0 radical (unpaired) electrons. The van der Waals surface area contributed by atoms with E-state index in [0.29, 0.717) is 0 Å². The molecule has 6 nitrogen and oxygen atoms in total. The number of hydrogen-bond donors (Lipinski definition) is 0.